The maximum absolute atomic E-state index is 11.7. The molecule has 0 aromatic heterocycles. The standard InChI is InChI=1S/C11H20N2O3/c1-4-12-7-10(15)13(8-9(12)14)6-5-11(2,3)16/h16H,4-8H2,1-3H3. The number of rotatable bonds is 4. The maximum atomic E-state index is 11.7. The number of carbonyl (C=O) groups excluding carboxylic acids is 2. The van der Waals surface area contributed by atoms with Crippen LogP contribution in [-0.2, 0) is 9.59 Å². The van der Waals surface area contributed by atoms with E-state index >= 15 is 0 Å². The van der Waals surface area contributed by atoms with E-state index in [1.165, 1.54) is 4.90 Å². The number of carbonyl (C=O) groups is 2. The summed E-state index contributed by atoms with van der Waals surface area (Å²) in [7, 11) is 0. The summed E-state index contributed by atoms with van der Waals surface area (Å²) in [5.41, 5.74) is -0.800. The molecule has 0 saturated carbocycles. The first kappa shape index (κ1) is 13.0. The van der Waals surface area contributed by atoms with E-state index < -0.39 is 5.60 Å². The van der Waals surface area contributed by atoms with Crippen molar-refractivity contribution in [2.24, 2.45) is 0 Å². The molecule has 0 radical (unpaired) electrons. The first-order valence-corrected chi connectivity index (χ1v) is 5.61. The second-order valence-electron chi connectivity index (χ2n) is 4.79. The predicted molar refractivity (Wildman–Crippen MR) is 59.7 cm³/mol. The van der Waals surface area contributed by atoms with E-state index in [1.54, 1.807) is 18.7 Å². The topological polar surface area (TPSA) is 60.9 Å². The van der Waals surface area contributed by atoms with E-state index in [0.717, 1.165) is 0 Å². The minimum atomic E-state index is -0.800. The largest absolute Gasteiger partial charge is 0.390 e. The van der Waals surface area contributed by atoms with Crippen molar-refractivity contribution >= 4 is 11.8 Å². The lowest BCUT2D eigenvalue weighted by Gasteiger charge is -2.34. The van der Waals surface area contributed by atoms with Gasteiger partial charge in [-0.2, -0.15) is 0 Å². The van der Waals surface area contributed by atoms with Gasteiger partial charge >= 0.3 is 0 Å². The summed E-state index contributed by atoms with van der Waals surface area (Å²) >= 11 is 0. The lowest BCUT2D eigenvalue weighted by molar-refractivity contribution is -0.150. The minimum absolute atomic E-state index is 0.0159. The van der Waals surface area contributed by atoms with E-state index in [9.17, 15) is 14.7 Å². The molecule has 1 fully saturated rings. The number of aliphatic hydroxyl groups is 1. The third kappa shape index (κ3) is 3.48. The molecule has 0 spiro atoms. The lowest BCUT2D eigenvalue weighted by Crippen LogP contribution is -2.54. The number of likely N-dealkylation sites (N-methyl/N-ethyl adjacent to an activating group) is 1. The molecule has 5 nitrogen and oxygen atoms in total. The number of hydrogen-bond acceptors (Lipinski definition) is 3. The molecule has 1 saturated heterocycles. The molecule has 1 aliphatic heterocycles. The van der Waals surface area contributed by atoms with Gasteiger partial charge in [-0.25, -0.2) is 0 Å². The third-order valence-corrected chi connectivity index (χ3v) is 2.73. The fourth-order valence-corrected chi connectivity index (χ4v) is 1.60. The summed E-state index contributed by atoms with van der Waals surface area (Å²) in [4.78, 5) is 26.3. The molecular weight excluding hydrogens is 208 g/mol. The smallest absolute Gasteiger partial charge is 0.242 e. The molecule has 0 aromatic rings. The minimum Gasteiger partial charge on any atom is -0.390 e. The van der Waals surface area contributed by atoms with E-state index in [4.69, 9.17) is 0 Å². The zero-order valence-corrected chi connectivity index (χ0v) is 10.2. The van der Waals surface area contributed by atoms with Gasteiger partial charge in [-0.05, 0) is 27.2 Å². The van der Waals surface area contributed by atoms with Crippen molar-refractivity contribution in [1.29, 1.82) is 0 Å². The van der Waals surface area contributed by atoms with Crippen LogP contribution in [0.3, 0.4) is 0 Å². The van der Waals surface area contributed by atoms with Crippen molar-refractivity contribution in [3.8, 4) is 0 Å². The van der Waals surface area contributed by atoms with Crippen molar-refractivity contribution < 1.29 is 14.7 Å². The highest BCUT2D eigenvalue weighted by Gasteiger charge is 2.29. The Morgan fingerprint density at radius 2 is 1.69 bits per heavy atom. The zero-order chi connectivity index (χ0) is 12.3. The van der Waals surface area contributed by atoms with Crippen molar-refractivity contribution in [3.63, 3.8) is 0 Å². The SMILES string of the molecule is CCN1CC(=O)N(CCC(C)(C)O)CC1=O. The van der Waals surface area contributed by atoms with Crippen molar-refractivity contribution in [3.05, 3.63) is 0 Å². The van der Waals surface area contributed by atoms with Crippen LogP contribution in [0.15, 0.2) is 0 Å². The van der Waals surface area contributed by atoms with Gasteiger partial charge in [0.1, 0.15) is 0 Å². The molecule has 1 N–H and O–H groups in total. The highest BCUT2D eigenvalue weighted by molar-refractivity contribution is 5.92. The fraction of sp³-hybridized carbons (Fsp3) is 0.818. The maximum Gasteiger partial charge on any atom is 0.242 e. The van der Waals surface area contributed by atoms with E-state index in [1.807, 2.05) is 6.92 Å². The Balaban J connectivity index is 2.51. The van der Waals surface area contributed by atoms with Crippen molar-refractivity contribution in [1.82, 2.24) is 9.80 Å². The van der Waals surface area contributed by atoms with Gasteiger partial charge < -0.3 is 14.9 Å². The molecular formula is C11H20N2O3. The van der Waals surface area contributed by atoms with Crippen LogP contribution in [0.1, 0.15) is 27.2 Å². The number of piperazine rings is 1. The Morgan fingerprint density at radius 3 is 2.19 bits per heavy atom. The average Bonchev–Trinajstić information content (AvgIpc) is 2.17. The normalized spacial score (nSPS) is 18.2. The second-order valence-corrected chi connectivity index (χ2v) is 4.79. The van der Waals surface area contributed by atoms with Gasteiger partial charge in [0.05, 0.1) is 18.7 Å². The van der Waals surface area contributed by atoms with Crippen LogP contribution in [0.5, 0.6) is 0 Å². The predicted octanol–water partition coefficient (Wildman–Crippen LogP) is -0.162. The first-order valence-electron chi connectivity index (χ1n) is 5.61. The summed E-state index contributed by atoms with van der Waals surface area (Å²) in [6, 6.07) is 0. The molecule has 1 rings (SSSR count). The molecule has 0 bridgehead atoms. The van der Waals surface area contributed by atoms with Gasteiger partial charge in [-0.3, -0.25) is 9.59 Å². The molecule has 92 valence electrons. The van der Waals surface area contributed by atoms with Crippen molar-refractivity contribution in [2.45, 2.75) is 32.8 Å². The summed E-state index contributed by atoms with van der Waals surface area (Å²) in [6.45, 7) is 6.57. The Kier molecular flexibility index (Phi) is 3.91. The van der Waals surface area contributed by atoms with Crippen LogP contribution < -0.4 is 0 Å². The highest BCUT2D eigenvalue weighted by atomic mass is 16.3. The summed E-state index contributed by atoms with van der Waals surface area (Å²) in [5, 5.41) is 9.57. The summed E-state index contributed by atoms with van der Waals surface area (Å²) < 4.78 is 0. The highest BCUT2D eigenvalue weighted by Crippen LogP contribution is 2.11. The second kappa shape index (κ2) is 4.82. The molecule has 0 unspecified atom stereocenters. The Hall–Kier alpha value is -1.10. The van der Waals surface area contributed by atoms with Gasteiger partial charge in [0.15, 0.2) is 0 Å². The average molecular weight is 228 g/mol. The fourth-order valence-electron chi connectivity index (χ4n) is 1.60. The van der Waals surface area contributed by atoms with Crippen LogP contribution in [-0.4, -0.2) is 58.5 Å². The van der Waals surface area contributed by atoms with Gasteiger partial charge in [0.25, 0.3) is 0 Å². The van der Waals surface area contributed by atoms with Gasteiger partial charge in [-0.1, -0.05) is 0 Å². The molecule has 5 heteroatoms. The monoisotopic (exact) mass is 228 g/mol. The Labute approximate surface area is 96.0 Å². The van der Waals surface area contributed by atoms with Gasteiger partial charge in [-0.15, -0.1) is 0 Å². The van der Waals surface area contributed by atoms with E-state index in [2.05, 4.69) is 0 Å². The molecule has 0 atom stereocenters. The first-order chi connectivity index (χ1) is 7.33. The van der Waals surface area contributed by atoms with Crippen LogP contribution >= 0.6 is 0 Å². The Morgan fingerprint density at radius 1 is 1.19 bits per heavy atom. The van der Waals surface area contributed by atoms with Crippen LogP contribution in [0, 0.1) is 0 Å². The Bertz CT molecular complexity index is 283. The molecule has 0 aromatic carbocycles. The van der Waals surface area contributed by atoms with E-state index in [0.29, 0.717) is 19.5 Å². The molecule has 0 aliphatic carbocycles. The number of hydrogen-bond donors (Lipinski definition) is 1. The molecule has 16 heavy (non-hydrogen) atoms. The van der Waals surface area contributed by atoms with Crippen LogP contribution in [0.2, 0.25) is 0 Å². The van der Waals surface area contributed by atoms with E-state index in [-0.39, 0.29) is 24.9 Å². The summed E-state index contributed by atoms with van der Waals surface area (Å²) in [5.74, 6) is -0.0523. The third-order valence-electron chi connectivity index (χ3n) is 2.73. The van der Waals surface area contributed by atoms with Gasteiger partial charge in [0, 0.05) is 13.1 Å². The number of amides is 2. The van der Waals surface area contributed by atoms with Crippen LogP contribution in [0.4, 0.5) is 0 Å². The van der Waals surface area contributed by atoms with Gasteiger partial charge in [0.2, 0.25) is 11.8 Å². The van der Waals surface area contributed by atoms with Crippen LogP contribution in [0.25, 0.3) is 0 Å². The molecule has 1 heterocycles. The quantitative estimate of drug-likeness (QED) is 0.727. The lowest BCUT2D eigenvalue weighted by atomic mass is 10.1. The number of nitrogens with zero attached hydrogens (tertiary/aromatic N) is 2. The molecule has 1 aliphatic rings. The summed E-state index contributed by atoms with van der Waals surface area (Å²) in [6.07, 6.45) is 0.484. The van der Waals surface area contributed by atoms with Crippen molar-refractivity contribution in [2.75, 3.05) is 26.2 Å². The molecule has 2 amide bonds. The zero-order valence-electron chi connectivity index (χ0n) is 10.2.